The largest absolute Gasteiger partial charge is 0.493 e. The van der Waals surface area contributed by atoms with Gasteiger partial charge in [-0.25, -0.2) is 0 Å². The first-order valence-corrected chi connectivity index (χ1v) is 7.65. The summed E-state index contributed by atoms with van der Waals surface area (Å²) >= 11 is 0. The molecule has 0 aliphatic heterocycles. The van der Waals surface area contributed by atoms with E-state index in [0.29, 0.717) is 6.61 Å². The molecule has 0 saturated heterocycles. The minimum Gasteiger partial charge on any atom is -0.493 e. The molecule has 0 spiro atoms. The molecule has 0 aliphatic rings. The molecule has 1 aromatic rings. The Bertz CT molecular complexity index is 485. The Balaban J connectivity index is 2.46. The second-order valence-corrected chi connectivity index (χ2v) is 6.75. The molecular weight excluding hydrogens is 260 g/mol. The van der Waals surface area contributed by atoms with Gasteiger partial charge in [0, 0.05) is 0 Å². The first kappa shape index (κ1) is 17.5. The van der Waals surface area contributed by atoms with Crippen LogP contribution < -0.4 is 10.1 Å². The maximum absolute atomic E-state index is 9.10. The van der Waals surface area contributed by atoms with Crippen LogP contribution in [-0.4, -0.2) is 19.2 Å². The van der Waals surface area contributed by atoms with Crippen molar-refractivity contribution in [1.82, 2.24) is 5.32 Å². The molecule has 21 heavy (non-hydrogen) atoms. The van der Waals surface area contributed by atoms with E-state index in [9.17, 15) is 0 Å². The van der Waals surface area contributed by atoms with E-state index >= 15 is 0 Å². The number of unbranched alkanes of at least 4 members (excludes halogenated alkanes) is 1. The Morgan fingerprint density at radius 1 is 1.14 bits per heavy atom. The Labute approximate surface area is 129 Å². The van der Waals surface area contributed by atoms with Gasteiger partial charge in [0.05, 0.1) is 12.7 Å². The second kappa shape index (κ2) is 7.47. The minimum atomic E-state index is -0.427. The van der Waals surface area contributed by atoms with Crippen LogP contribution in [0, 0.1) is 11.3 Å². The summed E-state index contributed by atoms with van der Waals surface area (Å²) in [5, 5.41) is 12.2. The van der Waals surface area contributed by atoms with Crippen molar-refractivity contribution in [3.05, 3.63) is 29.8 Å². The standard InChI is InChI=1S/C18H28N2O/c1-17(2,3)15-10-6-7-11-16(15)21-13-9-8-12-18(4,14-19)20-5/h6-7,10-11,20H,8-9,12-13H2,1-5H3. The second-order valence-electron chi connectivity index (χ2n) is 6.75. The van der Waals surface area contributed by atoms with Gasteiger partial charge < -0.3 is 10.1 Å². The van der Waals surface area contributed by atoms with E-state index in [1.807, 2.05) is 26.1 Å². The third-order valence-electron chi connectivity index (χ3n) is 3.82. The van der Waals surface area contributed by atoms with Gasteiger partial charge in [-0.2, -0.15) is 5.26 Å². The van der Waals surface area contributed by atoms with Gasteiger partial charge in [0.15, 0.2) is 0 Å². The van der Waals surface area contributed by atoms with Crippen LogP contribution in [0.3, 0.4) is 0 Å². The first-order chi connectivity index (χ1) is 9.82. The highest BCUT2D eigenvalue weighted by Crippen LogP contribution is 2.31. The van der Waals surface area contributed by atoms with E-state index in [-0.39, 0.29) is 5.41 Å². The molecule has 0 bridgehead atoms. The number of rotatable bonds is 7. The highest BCUT2D eigenvalue weighted by atomic mass is 16.5. The van der Waals surface area contributed by atoms with Crippen LogP contribution in [0.5, 0.6) is 5.75 Å². The van der Waals surface area contributed by atoms with Crippen LogP contribution in [-0.2, 0) is 5.41 Å². The van der Waals surface area contributed by atoms with Gasteiger partial charge in [0.25, 0.3) is 0 Å². The number of hydrogen-bond donors (Lipinski definition) is 1. The monoisotopic (exact) mass is 288 g/mol. The fourth-order valence-corrected chi connectivity index (χ4v) is 2.21. The van der Waals surface area contributed by atoms with Crippen LogP contribution >= 0.6 is 0 Å². The molecule has 0 heterocycles. The lowest BCUT2D eigenvalue weighted by molar-refractivity contribution is 0.290. The summed E-state index contributed by atoms with van der Waals surface area (Å²) in [5.41, 5.74) is 0.896. The van der Waals surface area contributed by atoms with Crippen LogP contribution in [0.15, 0.2) is 24.3 Å². The number of hydrogen-bond acceptors (Lipinski definition) is 3. The van der Waals surface area contributed by atoms with Crippen molar-refractivity contribution in [3.63, 3.8) is 0 Å². The molecule has 1 unspecified atom stereocenters. The third kappa shape index (κ3) is 5.40. The number of nitrogens with one attached hydrogen (secondary N) is 1. The van der Waals surface area contributed by atoms with Gasteiger partial charge in [-0.1, -0.05) is 39.0 Å². The topological polar surface area (TPSA) is 45.0 Å². The smallest absolute Gasteiger partial charge is 0.123 e. The molecular formula is C18H28N2O. The molecule has 0 fully saturated rings. The van der Waals surface area contributed by atoms with Gasteiger partial charge in [-0.3, -0.25) is 0 Å². The van der Waals surface area contributed by atoms with Crippen molar-refractivity contribution in [3.8, 4) is 11.8 Å². The van der Waals surface area contributed by atoms with Crippen LogP contribution in [0.2, 0.25) is 0 Å². The molecule has 1 rings (SSSR count). The zero-order valence-electron chi connectivity index (χ0n) is 14.0. The van der Waals surface area contributed by atoms with E-state index in [1.54, 1.807) is 0 Å². The molecule has 1 aromatic carbocycles. The average molecular weight is 288 g/mol. The lowest BCUT2D eigenvalue weighted by atomic mass is 9.86. The number of ether oxygens (including phenoxy) is 1. The highest BCUT2D eigenvalue weighted by Gasteiger charge is 2.20. The number of para-hydroxylation sites is 1. The predicted octanol–water partition coefficient (Wildman–Crippen LogP) is 4.03. The summed E-state index contributed by atoms with van der Waals surface area (Å²) in [6.45, 7) is 9.21. The molecule has 0 radical (unpaired) electrons. The number of nitrogens with zero attached hydrogens (tertiary/aromatic N) is 1. The SMILES string of the molecule is CNC(C)(C#N)CCCCOc1ccccc1C(C)(C)C. The Morgan fingerprint density at radius 3 is 2.38 bits per heavy atom. The molecule has 0 amide bonds. The van der Waals surface area contributed by atoms with Crippen molar-refractivity contribution in [1.29, 1.82) is 5.26 Å². The third-order valence-corrected chi connectivity index (χ3v) is 3.82. The summed E-state index contributed by atoms with van der Waals surface area (Å²) in [4.78, 5) is 0. The van der Waals surface area contributed by atoms with Crippen molar-refractivity contribution in [2.75, 3.05) is 13.7 Å². The zero-order chi connectivity index (χ0) is 15.9. The fourth-order valence-electron chi connectivity index (χ4n) is 2.21. The van der Waals surface area contributed by atoms with Gasteiger partial charge in [0.1, 0.15) is 11.3 Å². The predicted molar refractivity (Wildman–Crippen MR) is 87.6 cm³/mol. The Hall–Kier alpha value is -1.53. The normalized spacial score (nSPS) is 14.3. The Kier molecular flexibility index (Phi) is 6.23. The van der Waals surface area contributed by atoms with Gasteiger partial charge in [-0.15, -0.1) is 0 Å². The van der Waals surface area contributed by atoms with Gasteiger partial charge >= 0.3 is 0 Å². The molecule has 1 N–H and O–H groups in total. The van der Waals surface area contributed by atoms with E-state index in [1.165, 1.54) is 5.56 Å². The minimum absolute atomic E-state index is 0.0854. The summed E-state index contributed by atoms with van der Waals surface area (Å²) in [6.07, 6.45) is 2.77. The lowest BCUT2D eigenvalue weighted by Crippen LogP contribution is -2.37. The average Bonchev–Trinajstić information content (AvgIpc) is 2.46. The molecule has 0 aromatic heterocycles. The summed E-state index contributed by atoms with van der Waals surface area (Å²) < 4.78 is 5.94. The van der Waals surface area contributed by atoms with E-state index in [0.717, 1.165) is 25.0 Å². The van der Waals surface area contributed by atoms with Gasteiger partial charge in [-0.05, 0) is 50.3 Å². The number of nitriles is 1. The van der Waals surface area contributed by atoms with E-state index < -0.39 is 5.54 Å². The molecule has 0 aliphatic carbocycles. The van der Waals surface area contributed by atoms with Crippen molar-refractivity contribution < 1.29 is 4.74 Å². The molecule has 0 saturated carbocycles. The summed E-state index contributed by atoms with van der Waals surface area (Å²) in [7, 11) is 1.83. The van der Waals surface area contributed by atoms with E-state index in [2.05, 4.69) is 44.3 Å². The summed E-state index contributed by atoms with van der Waals surface area (Å²) in [6, 6.07) is 10.5. The molecule has 3 nitrogen and oxygen atoms in total. The molecule has 1 atom stereocenters. The number of benzene rings is 1. The first-order valence-electron chi connectivity index (χ1n) is 7.65. The molecule has 116 valence electrons. The van der Waals surface area contributed by atoms with Crippen LogP contribution in [0.1, 0.15) is 52.5 Å². The highest BCUT2D eigenvalue weighted by molar-refractivity contribution is 5.38. The fraction of sp³-hybridized carbons (Fsp3) is 0.611. The van der Waals surface area contributed by atoms with Gasteiger partial charge in [0.2, 0.25) is 0 Å². The molecule has 3 heteroatoms. The van der Waals surface area contributed by atoms with Crippen molar-refractivity contribution >= 4 is 0 Å². The zero-order valence-corrected chi connectivity index (χ0v) is 14.0. The summed E-state index contributed by atoms with van der Waals surface area (Å²) in [5.74, 6) is 0.974. The van der Waals surface area contributed by atoms with Crippen molar-refractivity contribution in [2.24, 2.45) is 0 Å². The van der Waals surface area contributed by atoms with E-state index in [4.69, 9.17) is 10.00 Å². The van der Waals surface area contributed by atoms with Crippen LogP contribution in [0.4, 0.5) is 0 Å². The maximum Gasteiger partial charge on any atom is 0.123 e. The quantitative estimate of drug-likeness (QED) is 0.770. The van der Waals surface area contributed by atoms with Crippen LogP contribution in [0.25, 0.3) is 0 Å². The lowest BCUT2D eigenvalue weighted by Gasteiger charge is -2.23. The maximum atomic E-state index is 9.10. The Morgan fingerprint density at radius 2 is 1.81 bits per heavy atom. The van der Waals surface area contributed by atoms with Crippen molar-refractivity contribution in [2.45, 2.75) is 57.9 Å².